The molecule has 0 radical (unpaired) electrons. The Balaban J connectivity index is 4.53. The molecule has 0 aromatic heterocycles. The van der Waals surface area contributed by atoms with E-state index in [0.717, 1.165) is 6.42 Å². The van der Waals surface area contributed by atoms with Crippen molar-refractivity contribution in [3.8, 4) is 6.07 Å². The number of carbonyl (C=O) groups is 1. The highest BCUT2D eigenvalue weighted by Gasteiger charge is 2.31. The summed E-state index contributed by atoms with van der Waals surface area (Å²) in [5, 5.41) is 8.74. The Hall–Kier alpha value is -0.840. The van der Waals surface area contributed by atoms with Crippen LogP contribution >= 0.6 is 0 Å². The van der Waals surface area contributed by atoms with Crippen LogP contribution in [0.5, 0.6) is 0 Å². The van der Waals surface area contributed by atoms with Crippen molar-refractivity contribution in [3.63, 3.8) is 0 Å². The number of Topliss-reactive ketones (excluding diaryl/α,β-unsaturated/α-hetero) is 1. The Morgan fingerprint density at radius 1 is 1.64 bits per heavy atom. The molecular weight excluding hydrogens is 138 g/mol. The lowest BCUT2D eigenvalue weighted by atomic mass is 9.76. The van der Waals surface area contributed by atoms with Gasteiger partial charge in [-0.1, -0.05) is 6.92 Å². The number of rotatable bonds is 3. The lowest BCUT2D eigenvalue weighted by molar-refractivity contribution is -0.123. The van der Waals surface area contributed by atoms with Gasteiger partial charge < -0.3 is 0 Å². The standard InChI is InChI=1S/C9H15NO/c1-5-8(7(2)11)9(3,4)6-10/h8H,5H2,1-4H3. The highest BCUT2D eigenvalue weighted by Crippen LogP contribution is 2.28. The Morgan fingerprint density at radius 2 is 2.09 bits per heavy atom. The minimum atomic E-state index is -0.513. The molecule has 0 saturated carbocycles. The van der Waals surface area contributed by atoms with Gasteiger partial charge >= 0.3 is 0 Å². The van der Waals surface area contributed by atoms with E-state index in [1.807, 2.05) is 20.8 Å². The molecule has 0 saturated heterocycles. The molecule has 0 aromatic carbocycles. The minimum absolute atomic E-state index is 0.110. The normalized spacial score (nSPS) is 13.7. The van der Waals surface area contributed by atoms with Crippen LogP contribution in [0.2, 0.25) is 0 Å². The molecule has 0 amide bonds. The largest absolute Gasteiger partial charge is 0.300 e. The molecule has 0 aliphatic carbocycles. The number of hydrogen-bond acceptors (Lipinski definition) is 2. The van der Waals surface area contributed by atoms with Gasteiger partial charge in [-0.05, 0) is 27.2 Å². The molecule has 11 heavy (non-hydrogen) atoms. The zero-order valence-corrected chi connectivity index (χ0v) is 7.64. The predicted octanol–water partition coefficient (Wildman–Crippen LogP) is 2.15. The van der Waals surface area contributed by atoms with Crippen molar-refractivity contribution in [2.45, 2.75) is 34.1 Å². The van der Waals surface area contributed by atoms with E-state index in [1.54, 1.807) is 6.92 Å². The van der Waals surface area contributed by atoms with E-state index in [0.29, 0.717) is 0 Å². The van der Waals surface area contributed by atoms with Gasteiger partial charge in [-0.2, -0.15) is 5.26 Å². The Bertz CT molecular complexity index is 188. The first-order chi connectivity index (χ1) is 4.95. The Kier molecular flexibility index (Phi) is 3.25. The molecule has 2 nitrogen and oxygen atoms in total. The van der Waals surface area contributed by atoms with Gasteiger partial charge in [-0.25, -0.2) is 0 Å². The van der Waals surface area contributed by atoms with Crippen LogP contribution in [0, 0.1) is 22.7 Å². The zero-order valence-electron chi connectivity index (χ0n) is 7.64. The van der Waals surface area contributed by atoms with E-state index in [9.17, 15) is 4.79 Å². The summed E-state index contributed by atoms with van der Waals surface area (Å²) in [6.07, 6.45) is 0.746. The number of nitrogens with zero attached hydrogens (tertiary/aromatic N) is 1. The second-order valence-corrected chi connectivity index (χ2v) is 3.40. The third kappa shape index (κ3) is 2.34. The smallest absolute Gasteiger partial charge is 0.134 e. The van der Waals surface area contributed by atoms with Crippen LogP contribution in [0.4, 0.5) is 0 Å². The minimum Gasteiger partial charge on any atom is -0.300 e. The van der Waals surface area contributed by atoms with Crippen molar-refractivity contribution < 1.29 is 4.79 Å². The number of hydrogen-bond donors (Lipinski definition) is 0. The molecule has 0 bridgehead atoms. The molecule has 0 heterocycles. The third-order valence-corrected chi connectivity index (χ3v) is 2.06. The van der Waals surface area contributed by atoms with Crippen molar-refractivity contribution >= 4 is 5.78 Å². The van der Waals surface area contributed by atoms with Crippen LogP contribution in [0.1, 0.15) is 34.1 Å². The molecule has 0 aromatic rings. The van der Waals surface area contributed by atoms with E-state index in [4.69, 9.17) is 5.26 Å². The van der Waals surface area contributed by atoms with Gasteiger partial charge in [0.1, 0.15) is 5.78 Å². The molecule has 2 heteroatoms. The lowest BCUT2D eigenvalue weighted by Crippen LogP contribution is -2.27. The second kappa shape index (κ2) is 3.52. The zero-order chi connectivity index (χ0) is 9.07. The van der Waals surface area contributed by atoms with Crippen molar-refractivity contribution in [3.05, 3.63) is 0 Å². The maximum atomic E-state index is 11.0. The van der Waals surface area contributed by atoms with Crippen LogP contribution in [0.15, 0.2) is 0 Å². The van der Waals surface area contributed by atoms with Gasteiger partial charge in [0.15, 0.2) is 0 Å². The van der Waals surface area contributed by atoms with Crippen molar-refractivity contribution in [2.75, 3.05) is 0 Å². The fourth-order valence-corrected chi connectivity index (χ4v) is 1.38. The summed E-state index contributed by atoms with van der Waals surface area (Å²) in [4.78, 5) is 11.0. The summed E-state index contributed by atoms with van der Waals surface area (Å²) in [6.45, 7) is 7.10. The monoisotopic (exact) mass is 153 g/mol. The van der Waals surface area contributed by atoms with E-state index < -0.39 is 5.41 Å². The number of nitriles is 1. The summed E-state index contributed by atoms with van der Waals surface area (Å²) >= 11 is 0. The van der Waals surface area contributed by atoms with Crippen molar-refractivity contribution in [2.24, 2.45) is 11.3 Å². The summed E-state index contributed by atoms with van der Waals surface area (Å²) in [5.41, 5.74) is -0.513. The molecule has 0 rings (SSSR count). The average Bonchev–Trinajstić information content (AvgIpc) is 1.88. The van der Waals surface area contributed by atoms with E-state index in [-0.39, 0.29) is 11.7 Å². The molecule has 0 aliphatic rings. The fraction of sp³-hybridized carbons (Fsp3) is 0.778. The van der Waals surface area contributed by atoms with Crippen molar-refractivity contribution in [1.29, 1.82) is 5.26 Å². The maximum Gasteiger partial charge on any atom is 0.134 e. The summed E-state index contributed by atoms with van der Waals surface area (Å²) in [7, 11) is 0. The Morgan fingerprint density at radius 3 is 2.18 bits per heavy atom. The molecule has 62 valence electrons. The molecule has 1 unspecified atom stereocenters. The second-order valence-electron chi connectivity index (χ2n) is 3.40. The molecule has 0 fully saturated rings. The van der Waals surface area contributed by atoms with E-state index in [1.165, 1.54) is 0 Å². The average molecular weight is 153 g/mol. The van der Waals surface area contributed by atoms with Crippen LogP contribution in [-0.2, 0) is 4.79 Å². The summed E-state index contributed by atoms with van der Waals surface area (Å²) in [5.74, 6) is -0.00782. The molecule has 1 atom stereocenters. The van der Waals surface area contributed by atoms with Gasteiger partial charge in [0.05, 0.1) is 11.5 Å². The van der Waals surface area contributed by atoms with Crippen LogP contribution < -0.4 is 0 Å². The van der Waals surface area contributed by atoms with Crippen LogP contribution in [0.25, 0.3) is 0 Å². The van der Waals surface area contributed by atoms with Gasteiger partial charge in [-0.3, -0.25) is 4.79 Å². The van der Waals surface area contributed by atoms with Gasteiger partial charge in [-0.15, -0.1) is 0 Å². The van der Waals surface area contributed by atoms with Gasteiger partial charge in [0.2, 0.25) is 0 Å². The molecule has 0 N–H and O–H groups in total. The van der Waals surface area contributed by atoms with Crippen LogP contribution in [0.3, 0.4) is 0 Å². The first-order valence-corrected chi connectivity index (χ1v) is 3.87. The summed E-state index contributed by atoms with van der Waals surface area (Å²) < 4.78 is 0. The first kappa shape index (κ1) is 10.2. The first-order valence-electron chi connectivity index (χ1n) is 3.87. The number of carbonyl (C=O) groups excluding carboxylic acids is 1. The Labute approximate surface area is 68.2 Å². The molecule has 0 spiro atoms. The molecular formula is C9H15NO. The SMILES string of the molecule is CCC(C(C)=O)C(C)(C)C#N. The quantitative estimate of drug-likeness (QED) is 0.623. The van der Waals surface area contributed by atoms with Gasteiger partial charge in [0.25, 0.3) is 0 Å². The fourth-order valence-electron chi connectivity index (χ4n) is 1.38. The predicted molar refractivity (Wildman–Crippen MR) is 43.9 cm³/mol. The van der Waals surface area contributed by atoms with Crippen LogP contribution in [-0.4, -0.2) is 5.78 Å². The van der Waals surface area contributed by atoms with E-state index in [2.05, 4.69) is 6.07 Å². The molecule has 0 aliphatic heterocycles. The summed E-state index contributed by atoms with van der Waals surface area (Å²) in [6, 6.07) is 2.15. The van der Waals surface area contributed by atoms with Gasteiger partial charge in [0, 0.05) is 5.92 Å². The highest BCUT2D eigenvalue weighted by molar-refractivity contribution is 5.79. The van der Waals surface area contributed by atoms with Crippen molar-refractivity contribution in [1.82, 2.24) is 0 Å². The third-order valence-electron chi connectivity index (χ3n) is 2.06. The lowest BCUT2D eigenvalue weighted by Gasteiger charge is -2.23. The van der Waals surface area contributed by atoms with E-state index >= 15 is 0 Å². The highest BCUT2D eigenvalue weighted by atomic mass is 16.1. The number of ketones is 1. The maximum absolute atomic E-state index is 11.0. The topological polar surface area (TPSA) is 40.9 Å².